The van der Waals surface area contributed by atoms with Gasteiger partial charge in [0, 0.05) is 12.6 Å². The first-order valence-electron chi connectivity index (χ1n) is 6.90. The van der Waals surface area contributed by atoms with Crippen LogP contribution in [0.25, 0.3) is 0 Å². The molecule has 0 saturated carbocycles. The highest BCUT2D eigenvalue weighted by Crippen LogP contribution is 2.16. The van der Waals surface area contributed by atoms with Crippen LogP contribution in [-0.2, 0) is 4.79 Å². The van der Waals surface area contributed by atoms with Crippen molar-refractivity contribution in [3.63, 3.8) is 0 Å². The molecule has 0 bridgehead atoms. The molecule has 4 heteroatoms. The van der Waals surface area contributed by atoms with E-state index >= 15 is 0 Å². The van der Waals surface area contributed by atoms with Crippen LogP contribution in [-0.4, -0.2) is 49.6 Å². The van der Waals surface area contributed by atoms with Gasteiger partial charge in [-0.25, -0.2) is 0 Å². The van der Waals surface area contributed by atoms with Crippen LogP contribution < -0.4 is 10.6 Å². The van der Waals surface area contributed by atoms with E-state index in [9.17, 15) is 4.79 Å². The Bertz CT molecular complexity index is 269. The summed E-state index contributed by atoms with van der Waals surface area (Å²) in [6.45, 7) is 5.10. The monoisotopic (exact) mass is 239 g/mol. The zero-order valence-electron chi connectivity index (χ0n) is 11.0. The number of likely N-dealkylation sites (tertiary alicyclic amines) is 1. The summed E-state index contributed by atoms with van der Waals surface area (Å²) >= 11 is 0. The van der Waals surface area contributed by atoms with Crippen LogP contribution in [0.5, 0.6) is 0 Å². The third-order valence-corrected chi connectivity index (χ3v) is 4.25. The highest BCUT2D eigenvalue weighted by atomic mass is 16.2. The first-order chi connectivity index (χ1) is 8.18. The van der Waals surface area contributed by atoms with Crippen molar-refractivity contribution in [1.82, 2.24) is 15.5 Å². The second kappa shape index (κ2) is 5.83. The van der Waals surface area contributed by atoms with E-state index in [2.05, 4.69) is 29.5 Å². The summed E-state index contributed by atoms with van der Waals surface area (Å²) in [5.41, 5.74) is 0. The summed E-state index contributed by atoms with van der Waals surface area (Å²) in [5.74, 6) is 0.660. The molecule has 0 spiro atoms. The van der Waals surface area contributed by atoms with E-state index in [0.29, 0.717) is 12.0 Å². The van der Waals surface area contributed by atoms with Crippen molar-refractivity contribution in [3.05, 3.63) is 0 Å². The van der Waals surface area contributed by atoms with E-state index in [1.807, 2.05) is 0 Å². The average molecular weight is 239 g/mol. The van der Waals surface area contributed by atoms with Gasteiger partial charge in [0.2, 0.25) is 5.91 Å². The molecule has 0 aromatic heterocycles. The van der Waals surface area contributed by atoms with Crippen LogP contribution in [0.15, 0.2) is 0 Å². The summed E-state index contributed by atoms with van der Waals surface area (Å²) in [5, 5.41) is 6.39. The fraction of sp³-hybridized carbons (Fsp3) is 0.923. The van der Waals surface area contributed by atoms with Crippen molar-refractivity contribution in [3.8, 4) is 0 Å². The molecule has 0 radical (unpaired) electrons. The van der Waals surface area contributed by atoms with E-state index in [-0.39, 0.29) is 11.9 Å². The van der Waals surface area contributed by atoms with Gasteiger partial charge in [0.15, 0.2) is 0 Å². The Kier molecular flexibility index (Phi) is 4.40. The lowest BCUT2D eigenvalue weighted by Gasteiger charge is -2.32. The smallest absolute Gasteiger partial charge is 0.237 e. The van der Waals surface area contributed by atoms with Gasteiger partial charge in [0.1, 0.15) is 0 Å². The van der Waals surface area contributed by atoms with Crippen molar-refractivity contribution in [1.29, 1.82) is 0 Å². The first kappa shape index (κ1) is 12.8. The molecule has 2 heterocycles. The fourth-order valence-electron chi connectivity index (χ4n) is 2.92. The SMILES string of the molecule is CC1CCNC1C(=O)NCC1CCCCN1C. The predicted octanol–water partition coefficient (Wildman–Crippen LogP) is 0.585. The molecule has 2 fully saturated rings. The van der Waals surface area contributed by atoms with Crippen molar-refractivity contribution < 1.29 is 4.79 Å². The maximum atomic E-state index is 12.0. The van der Waals surface area contributed by atoms with Gasteiger partial charge in [-0.1, -0.05) is 13.3 Å². The van der Waals surface area contributed by atoms with Crippen LogP contribution in [0.4, 0.5) is 0 Å². The number of hydrogen-bond acceptors (Lipinski definition) is 3. The third-order valence-electron chi connectivity index (χ3n) is 4.25. The van der Waals surface area contributed by atoms with Crippen molar-refractivity contribution in [2.24, 2.45) is 5.92 Å². The van der Waals surface area contributed by atoms with Crippen LogP contribution >= 0.6 is 0 Å². The minimum atomic E-state index is 0.0314. The second-order valence-corrected chi connectivity index (χ2v) is 5.57. The van der Waals surface area contributed by atoms with Crippen molar-refractivity contribution in [2.75, 3.05) is 26.7 Å². The van der Waals surface area contributed by atoms with Crippen LogP contribution in [0.3, 0.4) is 0 Å². The highest BCUT2D eigenvalue weighted by molar-refractivity contribution is 5.82. The number of amides is 1. The predicted molar refractivity (Wildman–Crippen MR) is 68.9 cm³/mol. The largest absolute Gasteiger partial charge is 0.353 e. The van der Waals surface area contributed by atoms with E-state index < -0.39 is 0 Å². The second-order valence-electron chi connectivity index (χ2n) is 5.57. The Morgan fingerprint density at radius 3 is 2.88 bits per heavy atom. The Hall–Kier alpha value is -0.610. The number of hydrogen-bond donors (Lipinski definition) is 2. The molecule has 2 aliphatic rings. The molecule has 1 amide bonds. The number of carbonyl (C=O) groups is 1. The maximum absolute atomic E-state index is 12.0. The van der Waals surface area contributed by atoms with Gasteiger partial charge in [-0.2, -0.15) is 0 Å². The van der Waals surface area contributed by atoms with Crippen LogP contribution in [0.2, 0.25) is 0 Å². The van der Waals surface area contributed by atoms with Gasteiger partial charge in [-0.15, -0.1) is 0 Å². The maximum Gasteiger partial charge on any atom is 0.237 e. The minimum absolute atomic E-state index is 0.0314. The summed E-state index contributed by atoms with van der Waals surface area (Å²) in [6, 6.07) is 0.563. The molecule has 2 rings (SSSR count). The van der Waals surface area contributed by atoms with E-state index in [1.165, 1.54) is 25.8 Å². The Balaban J connectivity index is 1.75. The summed E-state index contributed by atoms with van der Waals surface area (Å²) in [4.78, 5) is 14.4. The Morgan fingerprint density at radius 1 is 1.41 bits per heavy atom. The molecule has 3 atom stereocenters. The van der Waals surface area contributed by atoms with Crippen LogP contribution in [0, 0.1) is 5.92 Å². The summed E-state index contributed by atoms with van der Waals surface area (Å²) in [7, 11) is 2.16. The van der Waals surface area contributed by atoms with E-state index in [1.54, 1.807) is 0 Å². The molecule has 0 aromatic carbocycles. The zero-order valence-corrected chi connectivity index (χ0v) is 11.0. The molecule has 3 unspecified atom stereocenters. The third kappa shape index (κ3) is 3.19. The zero-order chi connectivity index (χ0) is 12.3. The molecule has 4 nitrogen and oxygen atoms in total. The molecule has 2 N–H and O–H groups in total. The van der Waals surface area contributed by atoms with Gasteiger partial charge in [-0.3, -0.25) is 4.79 Å². The van der Waals surface area contributed by atoms with Gasteiger partial charge < -0.3 is 15.5 Å². The topological polar surface area (TPSA) is 44.4 Å². The number of likely N-dealkylation sites (N-methyl/N-ethyl adjacent to an activating group) is 1. The van der Waals surface area contributed by atoms with Gasteiger partial charge in [0.25, 0.3) is 0 Å². The lowest BCUT2D eigenvalue weighted by molar-refractivity contribution is -0.123. The number of nitrogens with zero attached hydrogens (tertiary/aromatic N) is 1. The number of piperidine rings is 1. The minimum Gasteiger partial charge on any atom is -0.353 e. The molecular formula is C13H25N3O. The average Bonchev–Trinajstić information content (AvgIpc) is 2.74. The highest BCUT2D eigenvalue weighted by Gasteiger charge is 2.29. The standard InChI is InChI=1S/C13H25N3O/c1-10-6-7-14-12(10)13(17)15-9-11-5-3-4-8-16(11)2/h10-12,14H,3-9H2,1-2H3,(H,15,17). The normalized spacial score (nSPS) is 34.8. The Morgan fingerprint density at radius 2 is 2.24 bits per heavy atom. The summed E-state index contributed by atoms with van der Waals surface area (Å²) in [6.07, 6.45) is 4.91. The van der Waals surface area contributed by atoms with Gasteiger partial charge >= 0.3 is 0 Å². The lowest BCUT2D eigenvalue weighted by atomic mass is 10.0. The number of nitrogens with one attached hydrogen (secondary N) is 2. The number of rotatable bonds is 3. The number of carbonyl (C=O) groups excluding carboxylic acids is 1. The van der Waals surface area contributed by atoms with Crippen molar-refractivity contribution >= 4 is 5.91 Å². The summed E-state index contributed by atoms with van der Waals surface area (Å²) < 4.78 is 0. The fourth-order valence-corrected chi connectivity index (χ4v) is 2.92. The quantitative estimate of drug-likeness (QED) is 0.757. The molecule has 98 valence electrons. The molecule has 0 aliphatic carbocycles. The van der Waals surface area contributed by atoms with Gasteiger partial charge in [-0.05, 0) is 45.3 Å². The molecular weight excluding hydrogens is 214 g/mol. The van der Waals surface area contributed by atoms with Crippen molar-refractivity contribution in [2.45, 2.75) is 44.7 Å². The van der Waals surface area contributed by atoms with Crippen LogP contribution in [0.1, 0.15) is 32.6 Å². The molecule has 2 saturated heterocycles. The lowest BCUT2D eigenvalue weighted by Crippen LogP contribution is -2.49. The molecule has 0 aromatic rings. The molecule has 17 heavy (non-hydrogen) atoms. The molecule has 2 aliphatic heterocycles. The first-order valence-corrected chi connectivity index (χ1v) is 6.90. The Labute approximate surface area is 104 Å². The van der Waals surface area contributed by atoms with E-state index in [0.717, 1.165) is 19.5 Å². The van der Waals surface area contributed by atoms with Gasteiger partial charge in [0.05, 0.1) is 6.04 Å². The van der Waals surface area contributed by atoms with E-state index in [4.69, 9.17) is 0 Å².